The number of hydrogen-bond acceptors (Lipinski definition) is 5. The number of ether oxygens (including phenoxy) is 4. The lowest BCUT2D eigenvalue weighted by atomic mass is 10.1. The van der Waals surface area contributed by atoms with Gasteiger partial charge in [0.25, 0.3) is 0 Å². The average Bonchev–Trinajstić information content (AvgIpc) is 2.62. The predicted octanol–water partition coefficient (Wildman–Crippen LogP) is 5.13. The third kappa shape index (κ3) is 5.13. The van der Waals surface area contributed by atoms with Crippen molar-refractivity contribution in [2.24, 2.45) is 0 Å². The third-order valence-electron chi connectivity index (χ3n) is 3.53. The van der Waals surface area contributed by atoms with E-state index < -0.39 is 6.16 Å². The molecule has 0 aliphatic carbocycles. The van der Waals surface area contributed by atoms with Crippen molar-refractivity contribution in [1.29, 1.82) is 0 Å². The quantitative estimate of drug-likeness (QED) is 0.469. The normalized spacial score (nSPS) is 10.2. The Labute approximate surface area is 156 Å². The van der Waals surface area contributed by atoms with Crippen LogP contribution in [0.15, 0.2) is 40.9 Å². The number of rotatable bonds is 7. The maximum absolute atomic E-state index is 11.5. The second kappa shape index (κ2) is 9.32. The molecule has 0 unspecified atom stereocenters. The van der Waals surface area contributed by atoms with Gasteiger partial charge in [0.15, 0.2) is 0 Å². The Morgan fingerprint density at radius 1 is 1.04 bits per heavy atom. The number of benzene rings is 2. The van der Waals surface area contributed by atoms with Crippen LogP contribution in [0.3, 0.4) is 0 Å². The smallest absolute Gasteiger partial charge is 0.493 e. The molecule has 0 aliphatic heterocycles. The zero-order valence-corrected chi connectivity index (χ0v) is 16.1. The van der Waals surface area contributed by atoms with E-state index in [1.807, 2.05) is 31.2 Å². The number of carbonyl (C=O) groups excluding carboxylic acids is 1. The van der Waals surface area contributed by atoms with Crippen molar-refractivity contribution in [2.75, 3.05) is 13.7 Å². The van der Waals surface area contributed by atoms with Crippen LogP contribution in [-0.2, 0) is 17.8 Å². The predicted molar refractivity (Wildman–Crippen MR) is 98.5 cm³/mol. The summed E-state index contributed by atoms with van der Waals surface area (Å²) in [5.41, 5.74) is 1.85. The molecule has 2 aromatic rings. The Morgan fingerprint density at radius 2 is 1.80 bits per heavy atom. The van der Waals surface area contributed by atoms with Gasteiger partial charge < -0.3 is 18.9 Å². The summed E-state index contributed by atoms with van der Waals surface area (Å²) < 4.78 is 22.2. The van der Waals surface area contributed by atoms with Crippen molar-refractivity contribution in [1.82, 2.24) is 0 Å². The van der Waals surface area contributed by atoms with Crippen LogP contribution < -0.4 is 14.2 Å². The van der Waals surface area contributed by atoms with E-state index in [1.54, 1.807) is 12.1 Å². The second-order valence-electron chi connectivity index (χ2n) is 5.13. The third-order valence-corrected chi connectivity index (χ3v) is 4.15. The van der Waals surface area contributed by atoms with Crippen molar-refractivity contribution in [3.8, 4) is 17.2 Å². The first-order valence-corrected chi connectivity index (χ1v) is 8.80. The van der Waals surface area contributed by atoms with Crippen molar-refractivity contribution in [2.45, 2.75) is 26.9 Å². The molecular formula is C19H21BrO5. The zero-order valence-electron chi connectivity index (χ0n) is 14.5. The van der Waals surface area contributed by atoms with Gasteiger partial charge in [-0.15, -0.1) is 0 Å². The molecule has 0 aliphatic rings. The van der Waals surface area contributed by atoms with Gasteiger partial charge >= 0.3 is 6.16 Å². The lowest BCUT2D eigenvalue weighted by Gasteiger charge is -2.16. The summed E-state index contributed by atoms with van der Waals surface area (Å²) in [5.74, 6) is 1.65. The van der Waals surface area contributed by atoms with Gasteiger partial charge in [-0.05, 0) is 59.1 Å². The van der Waals surface area contributed by atoms with Crippen LogP contribution in [0.2, 0.25) is 0 Å². The van der Waals surface area contributed by atoms with Crippen molar-refractivity contribution in [3.05, 3.63) is 52.0 Å². The van der Waals surface area contributed by atoms with Gasteiger partial charge in [-0.25, -0.2) is 4.79 Å². The van der Waals surface area contributed by atoms with E-state index in [-0.39, 0.29) is 6.61 Å². The van der Waals surface area contributed by atoms with E-state index in [0.717, 1.165) is 10.9 Å². The van der Waals surface area contributed by atoms with E-state index in [4.69, 9.17) is 14.2 Å². The zero-order chi connectivity index (χ0) is 18.2. The fourth-order valence-corrected chi connectivity index (χ4v) is 2.78. The van der Waals surface area contributed by atoms with E-state index in [2.05, 4.69) is 27.6 Å². The SMILES string of the molecule is CCOc1cccc(OC(=O)OC)c1COc1ccc(CC)cc1Br. The highest BCUT2D eigenvalue weighted by Gasteiger charge is 2.16. The van der Waals surface area contributed by atoms with Gasteiger partial charge in [-0.1, -0.05) is 19.1 Å². The standard InChI is InChI=1S/C19H21BrO5/c1-4-13-9-10-18(15(20)11-13)24-12-14-16(23-5-2)7-6-8-17(14)25-19(21)22-3/h6-11H,4-5,12H2,1-3H3. The highest BCUT2D eigenvalue weighted by atomic mass is 79.9. The maximum atomic E-state index is 11.5. The first-order chi connectivity index (χ1) is 12.1. The first-order valence-electron chi connectivity index (χ1n) is 8.00. The molecule has 0 aromatic heterocycles. The van der Waals surface area contributed by atoms with E-state index in [0.29, 0.717) is 29.4 Å². The molecule has 0 N–H and O–H groups in total. The van der Waals surface area contributed by atoms with Gasteiger partial charge in [0.05, 0.1) is 23.8 Å². The molecule has 5 nitrogen and oxygen atoms in total. The minimum absolute atomic E-state index is 0.187. The second-order valence-corrected chi connectivity index (χ2v) is 5.98. The summed E-state index contributed by atoms with van der Waals surface area (Å²) in [4.78, 5) is 11.5. The topological polar surface area (TPSA) is 54.0 Å². The molecule has 0 heterocycles. The molecule has 2 rings (SSSR count). The number of hydrogen-bond donors (Lipinski definition) is 0. The van der Waals surface area contributed by atoms with Crippen molar-refractivity contribution < 1.29 is 23.7 Å². The molecule has 0 amide bonds. The molecule has 0 spiro atoms. The van der Waals surface area contributed by atoms with Crippen LogP contribution in [0.1, 0.15) is 25.0 Å². The summed E-state index contributed by atoms with van der Waals surface area (Å²) in [5, 5.41) is 0. The number of methoxy groups -OCH3 is 1. The van der Waals surface area contributed by atoms with E-state index >= 15 is 0 Å². The summed E-state index contributed by atoms with van der Waals surface area (Å²) in [7, 11) is 1.26. The molecule has 6 heteroatoms. The molecule has 0 bridgehead atoms. The summed E-state index contributed by atoms with van der Waals surface area (Å²) in [6.45, 7) is 4.66. The molecule has 0 radical (unpaired) electrons. The Balaban J connectivity index is 2.25. The molecule has 0 saturated heterocycles. The van der Waals surface area contributed by atoms with Crippen LogP contribution in [-0.4, -0.2) is 19.9 Å². The first kappa shape index (κ1) is 19.1. The van der Waals surface area contributed by atoms with Gasteiger partial charge in [0.2, 0.25) is 0 Å². The minimum Gasteiger partial charge on any atom is -0.493 e. The van der Waals surface area contributed by atoms with Crippen LogP contribution in [0, 0.1) is 0 Å². The highest BCUT2D eigenvalue weighted by molar-refractivity contribution is 9.10. The van der Waals surface area contributed by atoms with Crippen LogP contribution in [0.5, 0.6) is 17.2 Å². The van der Waals surface area contributed by atoms with Crippen molar-refractivity contribution in [3.63, 3.8) is 0 Å². The van der Waals surface area contributed by atoms with Gasteiger partial charge in [-0.3, -0.25) is 0 Å². The Morgan fingerprint density at radius 3 is 2.44 bits per heavy atom. The van der Waals surface area contributed by atoms with Crippen LogP contribution in [0.25, 0.3) is 0 Å². The van der Waals surface area contributed by atoms with Gasteiger partial charge in [0.1, 0.15) is 23.9 Å². The van der Waals surface area contributed by atoms with Crippen LogP contribution >= 0.6 is 15.9 Å². The Kier molecular flexibility index (Phi) is 7.13. The van der Waals surface area contributed by atoms with Gasteiger partial charge in [0, 0.05) is 0 Å². The van der Waals surface area contributed by atoms with Gasteiger partial charge in [-0.2, -0.15) is 0 Å². The monoisotopic (exact) mass is 408 g/mol. The molecule has 0 fully saturated rings. The van der Waals surface area contributed by atoms with Crippen LogP contribution in [0.4, 0.5) is 4.79 Å². The number of carbonyl (C=O) groups is 1. The molecule has 0 saturated carbocycles. The number of aryl methyl sites for hydroxylation is 1. The van der Waals surface area contributed by atoms with E-state index in [9.17, 15) is 4.79 Å². The molecule has 2 aromatic carbocycles. The summed E-state index contributed by atoms with van der Waals surface area (Å²) in [6, 6.07) is 11.2. The largest absolute Gasteiger partial charge is 0.513 e. The average molecular weight is 409 g/mol. The molecule has 134 valence electrons. The fraction of sp³-hybridized carbons (Fsp3) is 0.316. The number of halogens is 1. The fourth-order valence-electron chi connectivity index (χ4n) is 2.24. The maximum Gasteiger partial charge on any atom is 0.513 e. The molecular weight excluding hydrogens is 388 g/mol. The summed E-state index contributed by atoms with van der Waals surface area (Å²) in [6.07, 6.45) is 0.159. The lowest BCUT2D eigenvalue weighted by molar-refractivity contribution is 0.120. The van der Waals surface area contributed by atoms with Crippen molar-refractivity contribution >= 4 is 22.1 Å². The van der Waals surface area contributed by atoms with E-state index in [1.165, 1.54) is 12.7 Å². The Hall–Kier alpha value is -2.21. The lowest BCUT2D eigenvalue weighted by Crippen LogP contribution is -2.11. The summed E-state index contributed by atoms with van der Waals surface area (Å²) >= 11 is 3.52. The Bertz CT molecular complexity index is 730. The molecule has 0 atom stereocenters. The highest BCUT2D eigenvalue weighted by Crippen LogP contribution is 2.32. The molecule has 25 heavy (non-hydrogen) atoms. The minimum atomic E-state index is -0.789.